The fraction of sp³-hybridized carbons (Fsp3) is 0.360. The van der Waals surface area contributed by atoms with Crippen molar-refractivity contribution < 1.29 is 23.8 Å². The van der Waals surface area contributed by atoms with E-state index >= 15 is 0 Å². The Morgan fingerprint density at radius 1 is 1.09 bits per heavy atom. The minimum absolute atomic E-state index is 0.00618. The van der Waals surface area contributed by atoms with Crippen LogP contribution in [0.2, 0.25) is 0 Å². The number of esters is 1. The maximum absolute atomic E-state index is 12.9. The lowest BCUT2D eigenvalue weighted by atomic mass is 9.99. The number of hydrogen-bond acceptors (Lipinski definition) is 7. The summed E-state index contributed by atoms with van der Waals surface area (Å²) < 4.78 is 17.8. The van der Waals surface area contributed by atoms with Gasteiger partial charge in [-0.15, -0.1) is 0 Å². The van der Waals surface area contributed by atoms with Crippen LogP contribution in [0.1, 0.15) is 46.9 Å². The Morgan fingerprint density at radius 3 is 2.47 bits per heavy atom. The smallest absolute Gasteiger partial charge is 0.342 e. The lowest BCUT2D eigenvalue weighted by molar-refractivity contribution is -0.135. The van der Waals surface area contributed by atoms with E-state index in [1.54, 1.807) is 30.0 Å². The monoisotopic (exact) mass is 464 g/mol. The van der Waals surface area contributed by atoms with Crippen molar-refractivity contribution in [3.8, 4) is 17.3 Å². The molecule has 3 heterocycles. The first-order valence-electron chi connectivity index (χ1n) is 11.1. The van der Waals surface area contributed by atoms with Crippen LogP contribution in [-0.2, 0) is 22.5 Å². The Bertz CT molecular complexity index is 1190. The van der Waals surface area contributed by atoms with Crippen molar-refractivity contribution in [2.45, 2.75) is 32.7 Å². The molecule has 0 N–H and O–H groups in total. The fourth-order valence-electron chi connectivity index (χ4n) is 4.12. The molecular weight excluding hydrogens is 436 g/mol. The normalized spacial score (nSPS) is 12.9. The van der Waals surface area contributed by atoms with E-state index in [0.29, 0.717) is 48.1 Å². The van der Waals surface area contributed by atoms with Crippen LogP contribution in [0, 0.1) is 0 Å². The summed E-state index contributed by atoms with van der Waals surface area (Å²) in [5.74, 6) is 1.06. The summed E-state index contributed by atoms with van der Waals surface area (Å²) in [4.78, 5) is 31.7. The van der Waals surface area contributed by atoms with E-state index in [0.717, 1.165) is 11.1 Å². The number of hydrogen-bond donors (Lipinski definition) is 0. The van der Waals surface area contributed by atoms with E-state index in [9.17, 15) is 9.59 Å². The summed E-state index contributed by atoms with van der Waals surface area (Å²) in [7, 11) is 3.18. The van der Waals surface area contributed by atoms with Crippen LogP contribution in [0.3, 0.4) is 0 Å². The molecule has 0 saturated carbocycles. The number of carbonyl (C=O) groups is 2. The predicted molar refractivity (Wildman–Crippen MR) is 124 cm³/mol. The molecule has 0 bridgehead atoms. The molecule has 0 saturated heterocycles. The maximum atomic E-state index is 12.9. The molecule has 1 aromatic carbocycles. The number of pyridine rings is 1. The summed E-state index contributed by atoms with van der Waals surface area (Å²) >= 11 is 0. The van der Waals surface area contributed by atoms with Crippen molar-refractivity contribution in [2.75, 3.05) is 27.4 Å². The van der Waals surface area contributed by atoms with E-state index in [-0.39, 0.29) is 18.4 Å². The van der Waals surface area contributed by atoms with Crippen LogP contribution in [0.5, 0.6) is 11.5 Å². The highest BCUT2D eigenvalue weighted by Crippen LogP contribution is 2.33. The zero-order chi connectivity index (χ0) is 24.2. The van der Waals surface area contributed by atoms with Gasteiger partial charge in [0.1, 0.15) is 5.56 Å². The highest BCUT2D eigenvalue weighted by atomic mass is 16.5. The van der Waals surface area contributed by atoms with E-state index in [4.69, 9.17) is 14.2 Å². The molecule has 2 aromatic heterocycles. The minimum Gasteiger partial charge on any atom is -0.493 e. The Morgan fingerprint density at radius 2 is 1.82 bits per heavy atom. The Balaban J connectivity index is 1.44. The molecule has 0 spiro atoms. The summed E-state index contributed by atoms with van der Waals surface area (Å²) in [5, 5.41) is 4.34. The Labute approximate surface area is 198 Å². The highest BCUT2D eigenvalue weighted by molar-refractivity contribution is 5.92. The average Bonchev–Trinajstić information content (AvgIpc) is 3.32. The van der Waals surface area contributed by atoms with Crippen LogP contribution in [0.15, 0.2) is 42.7 Å². The molecule has 0 aliphatic carbocycles. The predicted octanol–water partition coefficient (Wildman–Crippen LogP) is 3.15. The first-order chi connectivity index (χ1) is 16.4. The molecule has 3 aromatic rings. The van der Waals surface area contributed by atoms with Gasteiger partial charge >= 0.3 is 5.97 Å². The van der Waals surface area contributed by atoms with Gasteiger partial charge < -0.3 is 19.1 Å². The molecule has 0 fully saturated rings. The van der Waals surface area contributed by atoms with Crippen molar-refractivity contribution in [3.05, 3.63) is 65.1 Å². The summed E-state index contributed by atoms with van der Waals surface area (Å²) in [6, 6.07) is 9.32. The molecule has 34 heavy (non-hydrogen) atoms. The van der Waals surface area contributed by atoms with Gasteiger partial charge in [-0.25, -0.2) is 14.5 Å². The van der Waals surface area contributed by atoms with Gasteiger partial charge in [-0.1, -0.05) is 19.9 Å². The number of aromatic nitrogens is 3. The van der Waals surface area contributed by atoms with Gasteiger partial charge in [0.2, 0.25) is 0 Å². The second-order valence-electron chi connectivity index (χ2n) is 8.32. The number of fused-ring (bicyclic) bond motifs is 1. The van der Waals surface area contributed by atoms with Gasteiger partial charge in [-0.05, 0) is 47.7 Å². The van der Waals surface area contributed by atoms with Crippen molar-refractivity contribution in [3.63, 3.8) is 0 Å². The molecule has 1 aliphatic heterocycles. The van der Waals surface area contributed by atoms with Crippen LogP contribution < -0.4 is 9.47 Å². The third-order valence-electron chi connectivity index (χ3n) is 5.84. The van der Waals surface area contributed by atoms with Crippen molar-refractivity contribution >= 4 is 11.9 Å². The van der Waals surface area contributed by atoms with E-state index in [1.807, 2.05) is 44.2 Å². The van der Waals surface area contributed by atoms with Gasteiger partial charge in [-0.3, -0.25) is 4.79 Å². The molecule has 1 amide bonds. The van der Waals surface area contributed by atoms with E-state index in [1.165, 1.54) is 6.20 Å². The van der Waals surface area contributed by atoms with Crippen LogP contribution in [-0.4, -0.2) is 58.9 Å². The van der Waals surface area contributed by atoms with E-state index in [2.05, 4.69) is 10.1 Å². The molecule has 9 heteroatoms. The number of carbonyl (C=O) groups excluding carboxylic acids is 2. The molecule has 0 unspecified atom stereocenters. The Hall–Kier alpha value is -3.88. The molecule has 4 rings (SSSR count). The molecule has 9 nitrogen and oxygen atoms in total. The highest BCUT2D eigenvalue weighted by Gasteiger charge is 2.26. The van der Waals surface area contributed by atoms with Crippen molar-refractivity contribution in [1.82, 2.24) is 19.7 Å². The lowest BCUT2D eigenvalue weighted by Gasteiger charge is -2.29. The molecule has 0 atom stereocenters. The van der Waals surface area contributed by atoms with E-state index < -0.39 is 5.97 Å². The number of amides is 1. The van der Waals surface area contributed by atoms with Gasteiger partial charge in [0.25, 0.3) is 5.91 Å². The van der Waals surface area contributed by atoms with Gasteiger partial charge in [0.05, 0.1) is 26.1 Å². The largest absolute Gasteiger partial charge is 0.493 e. The first-order valence-corrected chi connectivity index (χ1v) is 11.1. The number of methoxy groups -OCH3 is 2. The van der Waals surface area contributed by atoms with Crippen molar-refractivity contribution in [1.29, 1.82) is 0 Å². The Kier molecular flexibility index (Phi) is 6.81. The topological polar surface area (TPSA) is 95.8 Å². The zero-order valence-corrected chi connectivity index (χ0v) is 19.8. The number of nitrogens with zero attached hydrogens (tertiary/aromatic N) is 4. The second-order valence-corrected chi connectivity index (χ2v) is 8.32. The average molecular weight is 465 g/mol. The van der Waals surface area contributed by atoms with Crippen LogP contribution >= 0.6 is 0 Å². The summed E-state index contributed by atoms with van der Waals surface area (Å²) in [5.41, 5.74) is 3.11. The lowest BCUT2D eigenvalue weighted by Crippen LogP contribution is -2.38. The van der Waals surface area contributed by atoms with Crippen molar-refractivity contribution in [2.24, 2.45) is 0 Å². The number of benzene rings is 1. The van der Waals surface area contributed by atoms with Gasteiger partial charge in [0.15, 0.2) is 23.9 Å². The molecule has 178 valence electrons. The first kappa shape index (κ1) is 23.3. The maximum Gasteiger partial charge on any atom is 0.342 e. The zero-order valence-electron chi connectivity index (χ0n) is 19.8. The third-order valence-corrected chi connectivity index (χ3v) is 5.84. The molecule has 1 aliphatic rings. The molecular formula is C25H28N4O5. The quantitative estimate of drug-likeness (QED) is 0.496. The summed E-state index contributed by atoms with van der Waals surface area (Å²) in [6.45, 7) is 4.54. The van der Waals surface area contributed by atoms with Crippen LogP contribution in [0.25, 0.3) is 5.82 Å². The standard InChI is InChI=1S/C25H28N4O5/c1-16(2)24-19(13-27-29(24)22-7-5-6-9-26-22)25(31)34-15-23(30)28-10-8-17-11-20(32-3)21(33-4)12-18(17)14-28/h5-7,9,11-13,16H,8,10,14-15H2,1-4H3. The number of ether oxygens (including phenoxy) is 3. The summed E-state index contributed by atoms with van der Waals surface area (Å²) in [6.07, 6.45) is 3.82. The second kappa shape index (κ2) is 9.94. The minimum atomic E-state index is -0.581. The fourth-order valence-corrected chi connectivity index (χ4v) is 4.12. The number of rotatable bonds is 7. The van der Waals surface area contributed by atoms with Gasteiger partial charge in [0, 0.05) is 19.3 Å². The van der Waals surface area contributed by atoms with Gasteiger partial charge in [-0.2, -0.15) is 5.10 Å². The third kappa shape index (κ3) is 4.59. The van der Waals surface area contributed by atoms with Crippen LogP contribution in [0.4, 0.5) is 0 Å². The SMILES string of the molecule is COc1cc2c(cc1OC)CN(C(=O)COC(=O)c1cnn(-c3ccccn3)c1C(C)C)CC2. The molecule has 0 radical (unpaired) electrons.